The van der Waals surface area contributed by atoms with E-state index in [0.717, 1.165) is 0 Å². The third kappa shape index (κ3) is 6.74. The van der Waals surface area contributed by atoms with Crippen molar-refractivity contribution in [3.8, 4) is 5.88 Å². The number of carbonyl (C=O) groups is 1. The summed E-state index contributed by atoms with van der Waals surface area (Å²) >= 11 is 0. The standard InChI is InChI=1S/C5H6N2O.C3H6O2/c1-8-5-4-6-2-3-7-5;1-2-3(4)5/h2-4H,1H3;2H2,1H3,(H,4,5). The van der Waals surface area contributed by atoms with Crippen molar-refractivity contribution >= 4 is 5.97 Å². The molecule has 0 unspecified atom stereocenters. The molecule has 5 heteroatoms. The Morgan fingerprint density at radius 3 is 2.46 bits per heavy atom. The molecule has 0 spiro atoms. The Hall–Kier alpha value is -1.65. The number of hydrogen-bond acceptors (Lipinski definition) is 4. The first-order valence-electron chi connectivity index (χ1n) is 3.72. The lowest BCUT2D eigenvalue weighted by atomic mass is 10.5. The molecule has 0 aliphatic heterocycles. The number of ether oxygens (including phenoxy) is 1. The van der Waals surface area contributed by atoms with Crippen LogP contribution in [0.15, 0.2) is 18.6 Å². The molecule has 0 fully saturated rings. The number of methoxy groups -OCH3 is 1. The van der Waals surface area contributed by atoms with Gasteiger partial charge < -0.3 is 9.84 Å². The number of carboxylic acid groups (broad SMARTS) is 1. The predicted octanol–water partition coefficient (Wildman–Crippen LogP) is 0.966. The van der Waals surface area contributed by atoms with Gasteiger partial charge in [0.05, 0.1) is 13.3 Å². The molecule has 0 aliphatic carbocycles. The molecule has 0 atom stereocenters. The van der Waals surface area contributed by atoms with Crippen LogP contribution in [-0.4, -0.2) is 28.2 Å². The average molecular weight is 184 g/mol. The van der Waals surface area contributed by atoms with Gasteiger partial charge in [0.25, 0.3) is 0 Å². The Labute approximate surface area is 76.4 Å². The van der Waals surface area contributed by atoms with E-state index >= 15 is 0 Å². The zero-order chi connectivity index (χ0) is 10.1. The molecule has 0 saturated heterocycles. The van der Waals surface area contributed by atoms with E-state index < -0.39 is 5.97 Å². The molecule has 1 N–H and O–H groups in total. The van der Waals surface area contributed by atoms with Gasteiger partial charge in [0.15, 0.2) is 0 Å². The Morgan fingerprint density at radius 1 is 1.62 bits per heavy atom. The molecule has 0 aliphatic rings. The summed E-state index contributed by atoms with van der Waals surface area (Å²) in [5.74, 6) is -0.197. The minimum Gasteiger partial charge on any atom is -0.481 e. The zero-order valence-corrected chi connectivity index (χ0v) is 7.60. The van der Waals surface area contributed by atoms with Crippen LogP contribution in [0.1, 0.15) is 13.3 Å². The van der Waals surface area contributed by atoms with Gasteiger partial charge in [-0.1, -0.05) is 6.92 Å². The number of rotatable bonds is 2. The Morgan fingerprint density at radius 2 is 2.23 bits per heavy atom. The van der Waals surface area contributed by atoms with Gasteiger partial charge in [-0.05, 0) is 0 Å². The average Bonchev–Trinajstić information content (AvgIpc) is 2.20. The summed E-state index contributed by atoms with van der Waals surface area (Å²) in [7, 11) is 1.56. The molecule has 0 radical (unpaired) electrons. The van der Waals surface area contributed by atoms with E-state index in [9.17, 15) is 4.79 Å². The van der Waals surface area contributed by atoms with E-state index in [4.69, 9.17) is 9.84 Å². The van der Waals surface area contributed by atoms with Gasteiger partial charge in [-0.3, -0.25) is 9.78 Å². The topological polar surface area (TPSA) is 72.3 Å². The van der Waals surface area contributed by atoms with Crippen LogP contribution in [0, 0.1) is 0 Å². The second-order valence-corrected chi connectivity index (χ2v) is 2.00. The fourth-order valence-corrected chi connectivity index (χ4v) is 0.391. The number of aliphatic carboxylic acids is 1. The molecule has 0 bridgehead atoms. The lowest BCUT2D eigenvalue weighted by molar-refractivity contribution is -0.136. The molecule has 1 rings (SSSR count). The van der Waals surface area contributed by atoms with Crippen LogP contribution in [0.4, 0.5) is 0 Å². The van der Waals surface area contributed by atoms with Crippen molar-refractivity contribution in [2.75, 3.05) is 7.11 Å². The normalized spacial score (nSPS) is 8.15. The minimum atomic E-state index is -0.745. The van der Waals surface area contributed by atoms with Gasteiger partial charge in [0.1, 0.15) is 0 Å². The van der Waals surface area contributed by atoms with Gasteiger partial charge in [0.2, 0.25) is 5.88 Å². The number of hydrogen-bond donors (Lipinski definition) is 1. The summed E-state index contributed by atoms with van der Waals surface area (Å²) in [6, 6.07) is 0. The highest BCUT2D eigenvalue weighted by molar-refractivity contribution is 5.66. The maximum atomic E-state index is 9.37. The second-order valence-electron chi connectivity index (χ2n) is 2.00. The van der Waals surface area contributed by atoms with Crippen LogP contribution < -0.4 is 4.74 Å². The molecule has 13 heavy (non-hydrogen) atoms. The third-order valence-electron chi connectivity index (χ3n) is 1.05. The van der Waals surface area contributed by atoms with Crippen molar-refractivity contribution in [2.45, 2.75) is 13.3 Å². The summed E-state index contributed by atoms with van der Waals surface area (Å²) in [5.41, 5.74) is 0. The molecule has 0 saturated carbocycles. The molecule has 1 heterocycles. The monoisotopic (exact) mass is 184 g/mol. The van der Waals surface area contributed by atoms with E-state index in [0.29, 0.717) is 5.88 Å². The van der Waals surface area contributed by atoms with Crippen LogP contribution >= 0.6 is 0 Å². The van der Waals surface area contributed by atoms with E-state index in [1.165, 1.54) is 0 Å². The molecule has 72 valence electrons. The summed E-state index contributed by atoms with van der Waals surface area (Å²) < 4.78 is 4.74. The Balaban J connectivity index is 0.000000252. The molecule has 5 nitrogen and oxygen atoms in total. The van der Waals surface area contributed by atoms with Gasteiger partial charge in [0, 0.05) is 18.8 Å². The Kier molecular flexibility index (Phi) is 6.13. The molecule has 1 aromatic rings. The fourth-order valence-electron chi connectivity index (χ4n) is 0.391. The maximum Gasteiger partial charge on any atom is 0.303 e. The fraction of sp³-hybridized carbons (Fsp3) is 0.375. The van der Waals surface area contributed by atoms with Crippen LogP contribution in [-0.2, 0) is 4.79 Å². The van der Waals surface area contributed by atoms with Crippen molar-refractivity contribution in [3.05, 3.63) is 18.6 Å². The highest BCUT2D eigenvalue weighted by Crippen LogP contribution is 1.96. The lowest BCUT2D eigenvalue weighted by Crippen LogP contribution is -1.86. The van der Waals surface area contributed by atoms with Crippen LogP contribution in [0.25, 0.3) is 0 Å². The lowest BCUT2D eigenvalue weighted by Gasteiger charge is -1.91. The molecule has 0 aromatic carbocycles. The smallest absolute Gasteiger partial charge is 0.303 e. The summed E-state index contributed by atoms with van der Waals surface area (Å²) in [5, 5.41) is 7.72. The predicted molar refractivity (Wildman–Crippen MR) is 46.5 cm³/mol. The van der Waals surface area contributed by atoms with E-state index in [2.05, 4.69) is 9.97 Å². The van der Waals surface area contributed by atoms with Gasteiger partial charge in [-0.2, -0.15) is 0 Å². The van der Waals surface area contributed by atoms with E-state index in [1.54, 1.807) is 32.6 Å². The van der Waals surface area contributed by atoms with E-state index in [1.807, 2.05) is 0 Å². The largest absolute Gasteiger partial charge is 0.481 e. The quantitative estimate of drug-likeness (QED) is 0.741. The number of aromatic nitrogens is 2. The van der Waals surface area contributed by atoms with Crippen LogP contribution in [0.5, 0.6) is 5.88 Å². The van der Waals surface area contributed by atoms with Crippen molar-refractivity contribution in [1.29, 1.82) is 0 Å². The van der Waals surface area contributed by atoms with Crippen molar-refractivity contribution in [2.24, 2.45) is 0 Å². The Bertz CT molecular complexity index is 238. The first-order valence-corrected chi connectivity index (χ1v) is 3.72. The molecular weight excluding hydrogens is 172 g/mol. The SMILES string of the molecule is CCC(=O)O.COc1cnccn1. The van der Waals surface area contributed by atoms with Crippen LogP contribution in [0.3, 0.4) is 0 Å². The van der Waals surface area contributed by atoms with Gasteiger partial charge >= 0.3 is 5.97 Å². The van der Waals surface area contributed by atoms with Crippen molar-refractivity contribution in [3.63, 3.8) is 0 Å². The van der Waals surface area contributed by atoms with Gasteiger partial charge in [-0.15, -0.1) is 0 Å². The van der Waals surface area contributed by atoms with Gasteiger partial charge in [-0.25, -0.2) is 4.98 Å². The second kappa shape index (κ2) is 7.02. The van der Waals surface area contributed by atoms with Crippen molar-refractivity contribution in [1.82, 2.24) is 9.97 Å². The molecule has 1 aromatic heterocycles. The summed E-state index contributed by atoms with van der Waals surface area (Å²) in [6.07, 6.45) is 4.96. The maximum absolute atomic E-state index is 9.37. The number of carboxylic acids is 1. The molecular formula is C8H12N2O3. The summed E-state index contributed by atoms with van der Waals surface area (Å²) in [6.45, 7) is 1.60. The first-order chi connectivity index (χ1) is 6.20. The first kappa shape index (κ1) is 11.4. The highest BCUT2D eigenvalue weighted by Gasteiger charge is 1.83. The highest BCUT2D eigenvalue weighted by atomic mass is 16.5. The third-order valence-corrected chi connectivity index (χ3v) is 1.05. The van der Waals surface area contributed by atoms with Crippen molar-refractivity contribution < 1.29 is 14.6 Å². The van der Waals surface area contributed by atoms with Crippen LogP contribution in [0.2, 0.25) is 0 Å². The summed E-state index contributed by atoms with van der Waals surface area (Å²) in [4.78, 5) is 16.9. The number of nitrogens with zero attached hydrogens (tertiary/aromatic N) is 2. The zero-order valence-electron chi connectivity index (χ0n) is 7.60. The van der Waals surface area contributed by atoms with E-state index in [-0.39, 0.29) is 6.42 Å². The minimum absolute atomic E-state index is 0.222. The molecule has 0 amide bonds.